The lowest BCUT2D eigenvalue weighted by atomic mass is 10.1. The summed E-state index contributed by atoms with van der Waals surface area (Å²) in [6, 6.07) is 14.6. The molecule has 2 heterocycles. The number of nitrogens with zero attached hydrogens (tertiary/aromatic N) is 4. The van der Waals surface area contributed by atoms with Crippen molar-refractivity contribution >= 4 is 22.7 Å². The van der Waals surface area contributed by atoms with Crippen LogP contribution in [-0.2, 0) is 12.7 Å². The summed E-state index contributed by atoms with van der Waals surface area (Å²) in [5, 5.41) is 11.5. The van der Waals surface area contributed by atoms with E-state index in [1.165, 1.54) is 37.4 Å². The molecule has 0 amide bonds. The number of para-hydroxylation sites is 2. The van der Waals surface area contributed by atoms with Gasteiger partial charge in [-0.15, -0.1) is 0 Å². The van der Waals surface area contributed by atoms with Crippen molar-refractivity contribution in [1.82, 2.24) is 0 Å². The SMILES string of the molecule is COc1cccc2c1N(Cc1ccccc1C(F)(F)F)CN2[C@@H]1CCN(c2c(F)cccc2[N+](=O)[O-])C1. The molecule has 3 aromatic carbocycles. The van der Waals surface area contributed by atoms with E-state index in [0.29, 0.717) is 37.6 Å². The Morgan fingerprint density at radius 1 is 1.05 bits per heavy atom. The highest BCUT2D eigenvalue weighted by molar-refractivity contribution is 5.82. The topological polar surface area (TPSA) is 62.1 Å². The lowest BCUT2D eigenvalue weighted by Gasteiger charge is -2.28. The van der Waals surface area contributed by atoms with Crippen molar-refractivity contribution in [2.45, 2.75) is 25.2 Å². The lowest BCUT2D eigenvalue weighted by Crippen LogP contribution is -2.40. The van der Waals surface area contributed by atoms with Gasteiger partial charge in [0.2, 0.25) is 0 Å². The molecule has 3 aromatic rings. The number of fused-ring (bicyclic) bond motifs is 1. The highest BCUT2D eigenvalue weighted by atomic mass is 19.4. The van der Waals surface area contributed by atoms with Crippen LogP contribution in [0.4, 0.5) is 40.3 Å². The first kappa shape index (κ1) is 24.7. The summed E-state index contributed by atoms with van der Waals surface area (Å²) in [6.07, 6.45) is -3.89. The maximum absolute atomic E-state index is 14.7. The molecule has 1 fully saturated rings. The van der Waals surface area contributed by atoms with Gasteiger partial charge in [-0.1, -0.05) is 30.3 Å². The summed E-state index contributed by atoms with van der Waals surface area (Å²) < 4.78 is 61.2. The number of hydrogen-bond acceptors (Lipinski definition) is 6. The fraction of sp³-hybridized carbons (Fsp3) is 0.308. The number of nitro benzene ring substituents is 1. The molecule has 0 aromatic heterocycles. The Kier molecular flexibility index (Phi) is 6.30. The Labute approximate surface area is 210 Å². The van der Waals surface area contributed by atoms with Crippen molar-refractivity contribution in [3.8, 4) is 5.75 Å². The molecule has 0 bridgehead atoms. The molecule has 11 heteroatoms. The number of anilines is 3. The van der Waals surface area contributed by atoms with Crippen LogP contribution in [0, 0.1) is 15.9 Å². The van der Waals surface area contributed by atoms with E-state index in [1.807, 2.05) is 17.0 Å². The predicted octanol–water partition coefficient (Wildman–Crippen LogP) is 5.82. The van der Waals surface area contributed by atoms with Gasteiger partial charge in [-0.05, 0) is 36.2 Å². The maximum Gasteiger partial charge on any atom is 0.416 e. The number of benzene rings is 3. The minimum atomic E-state index is -4.49. The quantitative estimate of drug-likeness (QED) is 0.234. The molecule has 5 rings (SSSR count). The first-order chi connectivity index (χ1) is 17.7. The number of halogens is 4. The van der Waals surface area contributed by atoms with Crippen molar-refractivity contribution in [2.75, 3.05) is 41.6 Å². The molecular formula is C26H24F4N4O3. The summed E-state index contributed by atoms with van der Waals surface area (Å²) in [5.74, 6) is -0.132. The van der Waals surface area contributed by atoms with E-state index < -0.39 is 22.5 Å². The summed E-state index contributed by atoms with van der Waals surface area (Å²) >= 11 is 0. The molecule has 0 radical (unpaired) electrons. The van der Waals surface area contributed by atoms with E-state index in [4.69, 9.17) is 4.74 Å². The molecule has 0 saturated carbocycles. The smallest absolute Gasteiger partial charge is 0.416 e. The Morgan fingerprint density at radius 3 is 2.54 bits per heavy atom. The van der Waals surface area contributed by atoms with Gasteiger partial charge in [0.1, 0.15) is 11.4 Å². The molecule has 0 unspecified atom stereocenters. The molecule has 194 valence electrons. The van der Waals surface area contributed by atoms with Crippen LogP contribution in [-0.4, -0.2) is 37.8 Å². The van der Waals surface area contributed by atoms with E-state index >= 15 is 0 Å². The Morgan fingerprint density at radius 2 is 1.81 bits per heavy atom. The van der Waals surface area contributed by atoms with Gasteiger partial charge in [0.15, 0.2) is 11.5 Å². The van der Waals surface area contributed by atoms with Crippen LogP contribution >= 0.6 is 0 Å². The van der Waals surface area contributed by atoms with Crippen LogP contribution < -0.4 is 19.4 Å². The molecule has 1 saturated heterocycles. The molecule has 7 nitrogen and oxygen atoms in total. The van der Waals surface area contributed by atoms with Crippen LogP contribution in [0.1, 0.15) is 17.5 Å². The van der Waals surface area contributed by atoms with E-state index in [2.05, 4.69) is 4.90 Å². The molecular weight excluding hydrogens is 492 g/mol. The Bertz CT molecular complexity index is 1330. The van der Waals surface area contributed by atoms with Crippen molar-refractivity contribution in [3.05, 3.63) is 87.7 Å². The Hall–Kier alpha value is -4.02. The fourth-order valence-corrected chi connectivity index (χ4v) is 5.30. The van der Waals surface area contributed by atoms with Crippen molar-refractivity contribution in [2.24, 2.45) is 0 Å². The standard InChI is InChI=1S/C26H24F4N4O3/c1-37-23-11-5-9-21-25(23)32(14-17-6-2-3-7-19(17)26(28,29)30)16-33(21)18-12-13-31(15-18)24-20(27)8-4-10-22(24)34(35)36/h2-11,18H,12-16H2,1H3/t18-/m1/s1. The monoisotopic (exact) mass is 516 g/mol. The largest absolute Gasteiger partial charge is 0.495 e. The van der Waals surface area contributed by atoms with Gasteiger partial charge in [-0.3, -0.25) is 10.1 Å². The summed E-state index contributed by atoms with van der Waals surface area (Å²) in [4.78, 5) is 16.5. The van der Waals surface area contributed by atoms with Gasteiger partial charge in [-0.25, -0.2) is 4.39 Å². The number of rotatable bonds is 6. The second-order valence-electron chi connectivity index (χ2n) is 9.05. The summed E-state index contributed by atoms with van der Waals surface area (Å²) in [6.45, 7) is 1.03. The molecule has 0 aliphatic carbocycles. The molecule has 2 aliphatic heterocycles. The molecule has 0 N–H and O–H groups in total. The summed E-state index contributed by atoms with van der Waals surface area (Å²) in [5.41, 5.74) is 0.578. The normalized spacial score (nSPS) is 17.3. The van der Waals surface area contributed by atoms with Crippen LogP contribution in [0.3, 0.4) is 0 Å². The third-order valence-corrected chi connectivity index (χ3v) is 6.91. The van der Waals surface area contributed by atoms with E-state index in [1.54, 1.807) is 17.0 Å². The second-order valence-corrected chi connectivity index (χ2v) is 9.05. The van der Waals surface area contributed by atoms with Gasteiger partial charge >= 0.3 is 6.18 Å². The van der Waals surface area contributed by atoms with Crippen molar-refractivity contribution < 1.29 is 27.2 Å². The highest BCUT2D eigenvalue weighted by Gasteiger charge is 2.40. The summed E-state index contributed by atoms with van der Waals surface area (Å²) in [7, 11) is 1.51. The van der Waals surface area contributed by atoms with Crippen molar-refractivity contribution in [1.29, 1.82) is 0 Å². The zero-order valence-electron chi connectivity index (χ0n) is 19.9. The third-order valence-electron chi connectivity index (χ3n) is 6.91. The number of nitro groups is 1. The number of hydrogen-bond donors (Lipinski definition) is 0. The zero-order chi connectivity index (χ0) is 26.3. The Balaban J connectivity index is 1.46. The van der Waals surface area contributed by atoms with Gasteiger partial charge in [0.25, 0.3) is 5.69 Å². The van der Waals surface area contributed by atoms with Gasteiger partial charge in [0.05, 0.1) is 30.0 Å². The van der Waals surface area contributed by atoms with Crippen LogP contribution in [0.15, 0.2) is 60.7 Å². The average molecular weight is 516 g/mol. The minimum absolute atomic E-state index is 0.00871. The van der Waals surface area contributed by atoms with Crippen LogP contribution in [0.25, 0.3) is 0 Å². The number of methoxy groups -OCH3 is 1. The zero-order valence-corrected chi connectivity index (χ0v) is 19.9. The lowest BCUT2D eigenvalue weighted by molar-refractivity contribution is -0.384. The third kappa shape index (κ3) is 4.49. The molecule has 0 spiro atoms. The first-order valence-corrected chi connectivity index (χ1v) is 11.7. The number of alkyl halides is 3. The minimum Gasteiger partial charge on any atom is -0.495 e. The molecule has 2 aliphatic rings. The van der Waals surface area contributed by atoms with Gasteiger partial charge < -0.3 is 19.4 Å². The molecule has 1 atom stereocenters. The number of ether oxygens (including phenoxy) is 1. The first-order valence-electron chi connectivity index (χ1n) is 11.7. The average Bonchev–Trinajstić information content (AvgIpc) is 3.48. The fourth-order valence-electron chi connectivity index (χ4n) is 5.30. The molecule has 37 heavy (non-hydrogen) atoms. The van der Waals surface area contributed by atoms with E-state index in [0.717, 1.165) is 11.8 Å². The second kappa shape index (κ2) is 9.45. The van der Waals surface area contributed by atoms with Crippen LogP contribution in [0.2, 0.25) is 0 Å². The van der Waals surface area contributed by atoms with Gasteiger partial charge in [-0.2, -0.15) is 13.2 Å². The van der Waals surface area contributed by atoms with Crippen molar-refractivity contribution in [3.63, 3.8) is 0 Å². The van der Waals surface area contributed by atoms with E-state index in [9.17, 15) is 27.7 Å². The maximum atomic E-state index is 14.7. The van der Waals surface area contributed by atoms with Gasteiger partial charge in [0, 0.05) is 31.7 Å². The van der Waals surface area contributed by atoms with E-state index in [-0.39, 0.29) is 29.5 Å². The predicted molar refractivity (Wildman–Crippen MR) is 132 cm³/mol. The highest BCUT2D eigenvalue weighted by Crippen LogP contribution is 2.46. The van der Waals surface area contributed by atoms with Crippen LogP contribution in [0.5, 0.6) is 5.75 Å².